The standard InChI is InChI=1S/C18H30N2O4/c1-2-7-14(12-16(21)22)19-17(23)15-10-6-11-20(15)18(24)13-8-4-3-5-9-13/h13-15H,2-12H2,1H3,(H,19,23)(H,21,22)/t14-,15-/m0/s1. The summed E-state index contributed by atoms with van der Waals surface area (Å²) in [7, 11) is 0. The fourth-order valence-electron chi connectivity index (χ4n) is 3.97. The Morgan fingerprint density at radius 2 is 1.83 bits per heavy atom. The largest absolute Gasteiger partial charge is 0.481 e. The number of rotatable bonds is 7. The van der Waals surface area contributed by atoms with Gasteiger partial charge in [0.25, 0.3) is 0 Å². The summed E-state index contributed by atoms with van der Waals surface area (Å²) in [5.41, 5.74) is 0. The molecular formula is C18H30N2O4. The van der Waals surface area contributed by atoms with Crippen LogP contribution in [0.3, 0.4) is 0 Å². The average molecular weight is 338 g/mol. The van der Waals surface area contributed by atoms with Crippen molar-refractivity contribution in [2.45, 2.75) is 83.2 Å². The van der Waals surface area contributed by atoms with E-state index in [1.807, 2.05) is 6.92 Å². The number of hydrogen-bond acceptors (Lipinski definition) is 3. The fourth-order valence-corrected chi connectivity index (χ4v) is 3.97. The van der Waals surface area contributed by atoms with Crippen molar-refractivity contribution in [3.63, 3.8) is 0 Å². The quantitative estimate of drug-likeness (QED) is 0.746. The van der Waals surface area contributed by atoms with Crippen molar-refractivity contribution in [1.29, 1.82) is 0 Å². The molecule has 0 unspecified atom stereocenters. The molecule has 2 fully saturated rings. The Hall–Kier alpha value is -1.59. The maximum atomic E-state index is 12.8. The Bertz CT molecular complexity index is 460. The first-order chi connectivity index (χ1) is 11.5. The highest BCUT2D eigenvalue weighted by molar-refractivity contribution is 5.89. The molecule has 0 aromatic heterocycles. The van der Waals surface area contributed by atoms with Gasteiger partial charge >= 0.3 is 5.97 Å². The van der Waals surface area contributed by atoms with Crippen LogP contribution in [0.4, 0.5) is 0 Å². The van der Waals surface area contributed by atoms with Gasteiger partial charge in [0.1, 0.15) is 6.04 Å². The van der Waals surface area contributed by atoms with Crippen molar-refractivity contribution in [2.75, 3.05) is 6.54 Å². The highest BCUT2D eigenvalue weighted by atomic mass is 16.4. The van der Waals surface area contributed by atoms with Gasteiger partial charge < -0.3 is 15.3 Å². The van der Waals surface area contributed by atoms with Crippen molar-refractivity contribution in [3.8, 4) is 0 Å². The lowest BCUT2D eigenvalue weighted by Gasteiger charge is -2.30. The summed E-state index contributed by atoms with van der Waals surface area (Å²) in [6, 6.07) is -0.778. The second-order valence-electron chi connectivity index (χ2n) is 7.12. The first kappa shape index (κ1) is 18.7. The molecule has 2 aliphatic rings. The van der Waals surface area contributed by atoms with Crippen LogP contribution in [0.5, 0.6) is 0 Å². The van der Waals surface area contributed by atoms with Gasteiger partial charge in [0, 0.05) is 18.5 Å². The molecule has 0 aromatic rings. The van der Waals surface area contributed by atoms with Gasteiger partial charge in [-0.3, -0.25) is 14.4 Å². The van der Waals surface area contributed by atoms with E-state index in [0.717, 1.165) is 38.5 Å². The molecule has 6 nitrogen and oxygen atoms in total. The molecule has 1 aliphatic heterocycles. The number of carbonyl (C=O) groups excluding carboxylic acids is 2. The van der Waals surface area contributed by atoms with Gasteiger partial charge in [-0.2, -0.15) is 0 Å². The minimum atomic E-state index is -0.907. The van der Waals surface area contributed by atoms with E-state index in [4.69, 9.17) is 5.11 Å². The van der Waals surface area contributed by atoms with E-state index in [1.54, 1.807) is 4.90 Å². The van der Waals surface area contributed by atoms with Crippen molar-refractivity contribution >= 4 is 17.8 Å². The SMILES string of the molecule is CCC[C@@H](CC(=O)O)NC(=O)[C@@H]1CCCN1C(=O)C1CCCCC1. The molecule has 136 valence electrons. The normalized spacial score (nSPS) is 23.0. The van der Waals surface area contributed by atoms with Crippen LogP contribution in [0, 0.1) is 5.92 Å². The number of aliphatic carboxylic acids is 1. The van der Waals surface area contributed by atoms with Crippen LogP contribution in [0.15, 0.2) is 0 Å². The number of hydrogen-bond donors (Lipinski definition) is 2. The van der Waals surface area contributed by atoms with Gasteiger partial charge in [-0.15, -0.1) is 0 Å². The second-order valence-corrected chi connectivity index (χ2v) is 7.12. The van der Waals surface area contributed by atoms with E-state index in [0.29, 0.717) is 19.4 Å². The molecule has 2 rings (SSSR count). The van der Waals surface area contributed by atoms with Gasteiger partial charge in [-0.05, 0) is 32.1 Å². The van der Waals surface area contributed by atoms with E-state index < -0.39 is 12.0 Å². The monoisotopic (exact) mass is 338 g/mol. The highest BCUT2D eigenvalue weighted by Crippen LogP contribution is 2.29. The third-order valence-electron chi connectivity index (χ3n) is 5.20. The molecule has 0 aromatic carbocycles. The molecule has 2 atom stereocenters. The summed E-state index contributed by atoms with van der Waals surface area (Å²) >= 11 is 0. The fraction of sp³-hybridized carbons (Fsp3) is 0.833. The van der Waals surface area contributed by atoms with Gasteiger partial charge in [0.05, 0.1) is 6.42 Å². The predicted octanol–water partition coefficient (Wildman–Crippen LogP) is 2.32. The zero-order chi connectivity index (χ0) is 17.5. The second kappa shape index (κ2) is 9.04. The molecule has 0 spiro atoms. The van der Waals surface area contributed by atoms with Gasteiger partial charge in [0.2, 0.25) is 11.8 Å². The van der Waals surface area contributed by atoms with Crippen molar-refractivity contribution in [3.05, 3.63) is 0 Å². The van der Waals surface area contributed by atoms with Crippen LogP contribution in [0.25, 0.3) is 0 Å². The number of carboxylic acids is 1. The minimum Gasteiger partial charge on any atom is -0.481 e. The first-order valence-corrected chi connectivity index (χ1v) is 9.35. The van der Waals surface area contributed by atoms with Crippen LogP contribution < -0.4 is 5.32 Å². The maximum absolute atomic E-state index is 12.8. The Balaban J connectivity index is 1.96. The van der Waals surface area contributed by atoms with E-state index in [2.05, 4.69) is 5.32 Å². The molecule has 24 heavy (non-hydrogen) atoms. The number of amides is 2. The van der Waals surface area contributed by atoms with Crippen molar-refractivity contribution in [2.24, 2.45) is 5.92 Å². The summed E-state index contributed by atoms with van der Waals surface area (Å²) in [5.74, 6) is -0.901. The van der Waals surface area contributed by atoms with E-state index in [-0.39, 0.29) is 30.2 Å². The zero-order valence-corrected chi connectivity index (χ0v) is 14.6. The van der Waals surface area contributed by atoms with E-state index in [9.17, 15) is 14.4 Å². The molecule has 1 saturated heterocycles. The summed E-state index contributed by atoms with van der Waals surface area (Å²) < 4.78 is 0. The van der Waals surface area contributed by atoms with E-state index >= 15 is 0 Å². The lowest BCUT2D eigenvalue weighted by atomic mass is 9.88. The first-order valence-electron chi connectivity index (χ1n) is 9.35. The highest BCUT2D eigenvalue weighted by Gasteiger charge is 2.37. The number of nitrogens with zero attached hydrogens (tertiary/aromatic N) is 1. The number of carboxylic acid groups (broad SMARTS) is 1. The molecule has 1 aliphatic carbocycles. The van der Waals surface area contributed by atoms with Gasteiger partial charge in [0.15, 0.2) is 0 Å². The molecular weight excluding hydrogens is 308 g/mol. The summed E-state index contributed by atoms with van der Waals surface area (Å²) in [4.78, 5) is 38.1. The van der Waals surface area contributed by atoms with E-state index in [1.165, 1.54) is 6.42 Å². The summed E-state index contributed by atoms with van der Waals surface area (Å²) in [6.07, 6.45) is 8.16. The van der Waals surface area contributed by atoms with Crippen molar-refractivity contribution < 1.29 is 19.5 Å². The Morgan fingerprint density at radius 1 is 1.12 bits per heavy atom. The summed E-state index contributed by atoms with van der Waals surface area (Å²) in [6.45, 7) is 2.61. The van der Waals surface area contributed by atoms with Crippen molar-refractivity contribution in [1.82, 2.24) is 10.2 Å². The smallest absolute Gasteiger partial charge is 0.305 e. The molecule has 0 bridgehead atoms. The average Bonchev–Trinajstić information content (AvgIpc) is 3.04. The van der Waals surface area contributed by atoms with Crippen LogP contribution in [-0.4, -0.2) is 46.4 Å². The topological polar surface area (TPSA) is 86.7 Å². The lowest BCUT2D eigenvalue weighted by Crippen LogP contribution is -2.50. The lowest BCUT2D eigenvalue weighted by molar-refractivity contribution is -0.143. The molecule has 2 N–H and O–H groups in total. The predicted molar refractivity (Wildman–Crippen MR) is 90.4 cm³/mol. The van der Waals surface area contributed by atoms with Gasteiger partial charge in [-0.1, -0.05) is 32.6 Å². The summed E-state index contributed by atoms with van der Waals surface area (Å²) in [5, 5.41) is 11.8. The van der Waals surface area contributed by atoms with Crippen LogP contribution in [-0.2, 0) is 14.4 Å². The maximum Gasteiger partial charge on any atom is 0.305 e. The van der Waals surface area contributed by atoms with Crippen LogP contribution in [0.1, 0.15) is 71.1 Å². The molecule has 0 radical (unpaired) electrons. The molecule has 2 amide bonds. The molecule has 1 heterocycles. The van der Waals surface area contributed by atoms with Gasteiger partial charge in [-0.25, -0.2) is 0 Å². The third kappa shape index (κ3) is 4.95. The minimum absolute atomic E-state index is 0.0666. The Kier molecular flexibility index (Phi) is 7.06. The Morgan fingerprint density at radius 3 is 2.46 bits per heavy atom. The zero-order valence-electron chi connectivity index (χ0n) is 14.6. The van der Waals surface area contributed by atoms with Crippen LogP contribution in [0.2, 0.25) is 0 Å². The Labute approximate surface area is 144 Å². The number of likely N-dealkylation sites (tertiary alicyclic amines) is 1. The van der Waals surface area contributed by atoms with Crippen LogP contribution >= 0.6 is 0 Å². The molecule has 6 heteroatoms. The molecule has 1 saturated carbocycles. The third-order valence-corrected chi connectivity index (χ3v) is 5.20. The number of nitrogens with one attached hydrogen (secondary N) is 1. The number of carbonyl (C=O) groups is 3.